The summed E-state index contributed by atoms with van der Waals surface area (Å²) in [5.41, 5.74) is 38.1. The topological polar surface area (TPSA) is 526 Å². The van der Waals surface area contributed by atoms with Crippen molar-refractivity contribution in [2.24, 2.45) is 68.1 Å². The molecule has 594 valence electrons. The number of allylic oxidation sites excluding steroid dienone is 1. The minimum atomic E-state index is -1.56. The number of hydrogen-bond acceptors (Lipinski definition) is 21. The van der Waals surface area contributed by atoms with E-state index in [0.717, 1.165) is 32.5 Å². The number of guanidine groups is 1. The van der Waals surface area contributed by atoms with Gasteiger partial charge < -0.3 is 86.9 Å². The third kappa shape index (κ3) is 29.0. The molecule has 31 nitrogen and oxygen atoms in total. The number of nitrogens with two attached hydrogens (primary N) is 6. The normalized spacial score (nSPS) is 24.9. The highest BCUT2D eigenvalue weighted by Crippen LogP contribution is 2.32. The van der Waals surface area contributed by atoms with Gasteiger partial charge in [-0.2, -0.15) is 0 Å². The Kier molecular flexibility index (Phi) is 37.1. The molecule has 4 aromatic rings. The van der Waals surface area contributed by atoms with E-state index < -0.39 is 162 Å². The van der Waals surface area contributed by atoms with Crippen LogP contribution in [0.2, 0.25) is 0 Å². The minimum absolute atomic E-state index is 0.00631. The number of carbonyl (C=O) groups excluding carboxylic acids is 12. The number of nitrogens with zero attached hydrogens (tertiary/aromatic N) is 3. The summed E-state index contributed by atoms with van der Waals surface area (Å²) in [4.78, 5) is 201. The van der Waals surface area contributed by atoms with Crippen molar-refractivity contribution in [3.05, 3.63) is 102 Å². The van der Waals surface area contributed by atoms with Crippen LogP contribution in [0, 0.1) is 23.7 Å². The summed E-state index contributed by atoms with van der Waals surface area (Å²) in [6.45, 7) is 2.54. The van der Waals surface area contributed by atoms with Gasteiger partial charge in [-0.1, -0.05) is 89.5 Å². The van der Waals surface area contributed by atoms with Crippen molar-refractivity contribution in [1.29, 1.82) is 0 Å². The van der Waals surface area contributed by atoms with Crippen LogP contribution in [0.25, 0.3) is 10.9 Å². The molecule has 12 atom stereocenters. The lowest BCUT2D eigenvalue weighted by Gasteiger charge is -2.28. The summed E-state index contributed by atoms with van der Waals surface area (Å²) in [6, 6.07) is 4.95. The van der Waals surface area contributed by atoms with Gasteiger partial charge in [0.15, 0.2) is 11.7 Å². The van der Waals surface area contributed by atoms with Crippen molar-refractivity contribution in [2.75, 3.05) is 44.2 Å². The maximum Gasteiger partial charge on any atom is 0.244 e. The van der Waals surface area contributed by atoms with Crippen LogP contribution in [0.4, 0.5) is 0 Å². The number of aromatic amines is 2. The van der Waals surface area contributed by atoms with Crippen LogP contribution in [-0.2, 0) is 76.8 Å². The van der Waals surface area contributed by atoms with Gasteiger partial charge in [0.25, 0.3) is 0 Å². The van der Waals surface area contributed by atoms with E-state index in [0.29, 0.717) is 73.9 Å². The lowest BCUT2D eigenvalue weighted by Crippen LogP contribution is -2.61. The van der Waals surface area contributed by atoms with E-state index >= 15 is 38.4 Å². The number of rotatable bonds is 28. The Bertz CT molecular complexity index is 3780. The van der Waals surface area contributed by atoms with Gasteiger partial charge in [-0.3, -0.25) is 67.5 Å². The molecule has 3 aliphatic heterocycles. The molecule has 8 amide bonds. The summed E-state index contributed by atoms with van der Waals surface area (Å²) in [5, 5.41) is 23.5. The second-order valence-corrected chi connectivity index (χ2v) is 30.9. The number of para-hydroxylation sites is 1. The average Bonchev–Trinajstić information content (AvgIpc) is 1.81. The van der Waals surface area contributed by atoms with E-state index in [9.17, 15) is 19.2 Å². The van der Waals surface area contributed by atoms with Gasteiger partial charge in [-0.05, 0) is 133 Å². The Morgan fingerprint density at radius 2 is 1.00 bits per heavy atom. The molecule has 0 radical (unpaired) electrons. The van der Waals surface area contributed by atoms with Gasteiger partial charge >= 0.3 is 0 Å². The molecule has 2 aromatic heterocycles. The van der Waals surface area contributed by atoms with Crippen LogP contribution in [0.3, 0.4) is 0 Å². The molecule has 109 heavy (non-hydrogen) atoms. The molecule has 3 aliphatic rings. The van der Waals surface area contributed by atoms with Gasteiger partial charge in [-0.25, -0.2) is 4.98 Å². The van der Waals surface area contributed by atoms with Crippen LogP contribution >= 0.6 is 21.6 Å². The second-order valence-electron chi connectivity index (χ2n) is 28.3. The molecule has 22 N–H and O–H groups in total. The van der Waals surface area contributed by atoms with Crippen LogP contribution < -0.4 is 76.9 Å². The Labute approximate surface area is 644 Å². The Balaban J connectivity index is 1.39. The molecule has 0 spiro atoms. The van der Waals surface area contributed by atoms with Crippen molar-refractivity contribution in [1.82, 2.24) is 57.5 Å². The van der Waals surface area contributed by atoms with Crippen molar-refractivity contribution >= 4 is 115 Å². The van der Waals surface area contributed by atoms with E-state index in [2.05, 4.69) is 67.5 Å². The van der Waals surface area contributed by atoms with Crippen LogP contribution in [-0.4, -0.2) is 190 Å². The van der Waals surface area contributed by atoms with Crippen molar-refractivity contribution < 1.29 is 57.5 Å². The quantitative estimate of drug-likeness (QED) is 0.0167. The standard InChI is InChI=1S/C76H111N19O12S2/c1-46-33-65(97)51-38-66(98)49(35-50-41-86-55-22-6-5-21-54(50)55)37-67(99)60(39-52-20-15-31-84-52)92-73(105)61(34-47-17-3-2-4-18-47)93-74(106)62(40-53-42-83-45-87-53)94-71(103)58(25-10-14-30-80)91-75(107)63(44-109-108-43-51)95-72(104)59(26-16-32-85-76(81)82)90-70(102)57(24-9-13-29-79)89-69(101)56(23-8-12-28-78)88-68(100)48(36-64(46)96)19-7-11-27-77/h2-6,17-18,20-22,31,41-42,45-46,48-49,51,56-63,86H,7-16,19,23-30,32-40,43-44,77-80H2,1H3,(H,83,87)(H,88,100)(H,89,101)(H,90,102)(H,91,107)(H,92,105)(H,93,106)(H,94,103)(H,95,104)(H4,81,82,85)/t46-,48-,49-,51+,56+,57+,58+,59+,60+,61-,62+,63+/m1/s1. The SMILES string of the molecule is C[C@@H]1CC(=O)[C@@H]2CSSC[C@H](NC(=O)[C@H](CCCN=C(N)N)NC(=O)[C@H](CCCCN)NC(=O)[C@H](CCCCN)NC(=O)[C@H](CCCCN)CC1=O)C(=O)N[C@@H](CCCCN)C(=O)N[C@@H](Cc1cnc[nH]1)C(=O)N[C@H](Cc1ccccc1)C(=O)N[C@@H](CC1=CCC=N1)C(=O)C[C@@H](Cc1c[nH]c3ccccc13)C(=O)C2. The molecule has 33 heteroatoms. The summed E-state index contributed by atoms with van der Waals surface area (Å²) in [7, 11) is 2.11. The first-order chi connectivity index (χ1) is 52.6. The number of nitrogens with one attached hydrogen (secondary N) is 10. The number of aliphatic imine (C=N–C) groups is 2. The fourth-order valence-corrected chi connectivity index (χ4v) is 15.9. The van der Waals surface area contributed by atoms with E-state index in [1.807, 2.05) is 24.3 Å². The van der Waals surface area contributed by atoms with Gasteiger partial charge in [0.05, 0.1) is 12.4 Å². The first kappa shape index (κ1) is 87.1. The fraction of sp³-hybridized carbons (Fsp3) is 0.566. The molecule has 7 rings (SSSR count). The molecule has 2 saturated heterocycles. The number of amides is 8. The van der Waals surface area contributed by atoms with Gasteiger partial charge in [0, 0.05) is 134 Å². The number of imidazole rings is 1. The fourth-order valence-electron chi connectivity index (χ4n) is 13.4. The number of ketones is 4. The average molecular weight is 1550 g/mol. The zero-order valence-electron chi connectivity index (χ0n) is 62.2. The predicted molar refractivity (Wildman–Crippen MR) is 420 cm³/mol. The number of unbranched alkanes of at least 4 members (excludes halogenated alkanes) is 4. The number of aromatic nitrogens is 3. The van der Waals surface area contributed by atoms with Gasteiger partial charge in [-0.15, -0.1) is 0 Å². The predicted octanol–water partition coefficient (Wildman–Crippen LogP) is 1.85. The third-order valence-electron chi connectivity index (χ3n) is 19.7. The first-order valence-electron chi connectivity index (χ1n) is 38.0. The maximum atomic E-state index is 15.7. The molecule has 0 unspecified atom stereocenters. The van der Waals surface area contributed by atoms with Crippen LogP contribution in [0.1, 0.15) is 152 Å². The third-order valence-corrected chi connectivity index (χ3v) is 22.2. The number of benzene rings is 2. The van der Waals surface area contributed by atoms with Gasteiger partial charge in [0.1, 0.15) is 59.6 Å². The maximum absolute atomic E-state index is 15.7. The Morgan fingerprint density at radius 1 is 0.477 bits per heavy atom. The highest BCUT2D eigenvalue weighted by molar-refractivity contribution is 8.76. The van der Waals surface area contributed by atoms with Crippen LogP contribution in [0.15, 0.2) is 95.1 Å². The second kappa shape index (κ2) is 46.4. The molecule has 2 bridgehead atoms. The largest absolute Gasteiger partial charge is 0.370 e. The number of carbonyl (C=O) groups is 12. The number of Topliss-reactive ketones (excluding diaryl/α,β-unsaturated/α-hetero) is 4. The van der Waals surface area contributed by atoms with Crippen molar-refractivity contribution in [3.63, 3.8) is 0 Å². The summed E-state index contributed by atoms with van der Waals surface area (Å²) in [6.07, 6.45) is 9.79. The molecule has 0 saturated carbocycles. The summed E-state index contributed by atoms with van der Waals surface area (Å²) in [5.74, 6) is -13.5. The monoisotopic (exact) mass is 1550 g/mol. The van der Waals surface area contributed by atoms with E-state index in [4.69, 9.17) is 34.4 Å². The van der Waals surface area contributed by atoms with E-state index in [1.54, 1.807) is 55.7 Å². The summed E-state index contributed by atoms with van der Waals surface area (Å²) < 4.78 is 0. The highest BCUT2D eigenvalue weighted by atomic mass is 33.1. The minimum Gasteiger partial charge on any atom is -0.370 e. The highest BCUT2D eigenvalue weighted by Gasteiger charge is 2.39. The number of hydrogen-bond donors (Lipinski definition) is 16. The zero-order chi connectivity index (χ0) is 78.6. The first-order valence-corrected chi connectivity index (χ1v) is 40.5. The van der Waals surface area contributed by atoms with E-state index in [1.165, 1.54) is 12.5 Å². The molecule has 0 aliphatic carbocycles. The number of H-pyrrole nitrogens is 2. The van der Waals surface area contributed by atoms with E-state index in [-0.39, 0.29) is 127 Å². The molecular formula is C76H111N19O12S2. The lowest BCUT2D eigenvalue weighted by atomic mass is 9.82. The number of fused-ring (bicyclic) bond motifs is 6. The molecule has 5 heterocycles. The summed E-state index contributed by atoms with van der Waals surface area (Å²) >= 11 is 0. The Hall–Kier alpha value is -9.15. The molecular weight excluding hydrogens is 1440 g/mol. The van der Waals surface area contributed by atoms with Gasteiger partial charge in [0.2, 0.25) is 47.3 Å². The van der Waals surface area contributed by atoms with Crippen molar-refractivity contribution in [2.45, 2.75) is 203 Å². The lowest BCUT2D eigenvalue weighted by molar-refractivity contribution is -0.136. The molecule has 2 fully saturated rings. The van der Waals surface area contributed by atoms with Crippen molar-refractivity contribution in [3.8, 4) is 0 Å². The van der Waals surface area contributed by atoms with Crippen LogP contribution in [0.5, 0.6) is 0 Å². The smallest absolute Gasteiger partial charge is 0.244 e. The molecule has 2 aromatic carbocycles. The zero-order valence-corrected chi connectivity index (χ0v) is 63.9. The Morgan fingerprint density at radius 3 is 1.59 bits per heavy atom.